The topological polar surface area (TPSA) is 35.5 Å². The van der Waals surface area contributed by atoms with Crippen LogP contribution in [0.15, 0.2) is 36.4 Å². The number of ketones is 1. The average Bonchev–Trinajstić information content (AvgIpc) is 2.49. The number of fused-ring (bicyclic) bond motifs is 1. The van der Waals surface area contributed by atoms with Crippen LogP contribution in [0.25, 0.3) is 0 Å². The smallest absolute Gasteiger partial charge is 0.170 e. The van der Waals surface area contributed by atoms with Gasteiger partial charge in [-0.3, -0.25) is 4.79 Å². The predicted molar refractivity (Wildman–Crippen MR) is 76.4 cm³/mol. The van der Waals surface area contributed by atoms with Gasteiger partial charge in [0.1, 0.15) is 23.4 Å². The van der Waals surface area contributed by atoms with Crippen molar-refractivity contribution in [2.24, 2.45) is 0 Å². The van der Waals surface area contributed by atoms with Gasteiger partial charge in [0.25, 0.3) is 0 Å². The number of carbonyl (C=O) groups excluding carboxylic acids is 1. The molecule has 3 nitrogen and oxygen atoms in total. The van der Waals surface area contributed by atoms with Crippen molar-refractivity contribution in [1.82, 2.24) is 0 Å². The van der Waals surface area contributed by atoms with E-state index in [0.717, 1.165) is 0 Å². The van der Waals surface area contributed by atoms with E-state index in [2.05, 4.69) is 0 Å². The fraction of sp³-hybridized carbons (Fsp3) is 0.235. The Morgan fingerprint density at radius 3 is 2.76 bits per heavy atom. The van der Waals surface area contributed by atoms with E-state index in [1.54, 1.807) is 44.4 Å². The number of hydrogen-bond donors (Lipinski definition) is 0. The summed E-state index contributed by atoms with van der Waals surface area (Å²) in [4.78, 5) is 12.2. The van der Waals surface area contributed by atoms with Crippen molar-refractivity contribution in [3.05, 3.63) is 58.9 Å². The molecule has 0 fully saturated rings. The third-order valence-electron chi connectivity index (χ3n) is 3.70. The molecule has 1 aliphatic heterocycles. The third kappa shape index (κ3) is 2.49. The SMILES string of the molecule is COc1ccc2c(c1)OC(c1ccc(C)c(F)c1)CC2=O. The molecule has 2 aromatic carbocycles. The Hall–Kier alpha value is -2.36. The van der Waals surface area contributed by atoms with Crippen molar-refractivity contribution in [3.63, 3.8) is 0 Å². The summed E-state index contributed by atoms with van der Waals surface area (Å²) in [5, 5.41) is 0. The summed E-state index contributed by atoms with van der Waals surface area (Å²) in [6.07, 6.45) is -0.255. The first kappa shape index (κ1) is 13.6. The van der Waals surface area contributed by atoms with Crippen LogP contribution in [0.1, 0.15) is 34.0 Å². The molecule has 3 rings (SSSR count). The van der Waals surface area contributed by atoms with Gasteiger partial charge in [-0.15, -0.1) is 0 Å². The van der Waals surface area contributed by atoms with Gasteiger partial charge in [-0.05, 0) is 36.2 Å². The van der Waals surface area contributed by atoms with Gasteiger partial charge < -0.3 is 9.47 Å². The summed E-state index contributed by atoms with van der Waals surface area (Å²) in [6, 6.07) is 10.0. The Morgan fingerprint density at radius 1 is 1.24 bits per heavy atom. The van der Waals surface area contributed by atoms with E-state index in [1.807, 2.05) is 0 Å². The molecule has 4 heteroatoms. The van der Waals surface area contributed by atoms with E-state index in [0.29, 0.717) is 28.2 Å². The second kappa shape index (κ2) is 5.20. The van der Waals surface area contributed by atoms with Gasteiger partial charge >= 0.3 is 0 Å². The number of benzene rings is 2. The number of methoxy groups -OCH3 is 1. The van der Waals surface area contributed by atoms with Crippen LogP contribution in [-0.2, 0) is 0 Å². The van der Waals surface area contributed by atoms with Gasteiger partial charge in [0, 0.05) is 6.07 Å². The maximum Gasteiger partial charge on any atom is 0.170 e. The molecular formula is C17H15FO3. The van der Waals surface area contributed by atoms with Gasteiger partial charge in [-0.2, -0.15) is 0 Å². The number of aryl methyl sites for hydroxylation is 1. The lowest BCUT2D eigenvalue weighted by Crippen LogP contribution is -2.20. The summed E-state index contributed by atoms with van der Waals surface area (Å²) in [7, 11) is 1.55. The van der Waals surface area contributed by atoms with E-state index in [-0.39, 0.29) is 18.0 Å². The van der Waals surface area contributed by atoms with Crippen molar-refractivity contribution >= 4 is 5.78 Å². The lowest BCUT2D eigenvalue weighted by molar-refractivity contribution is 0.0849. The normalized spacial score (nSPS) is 17.1. The first-order chi connectivity index (χ1) is 10.1. The third-order valence-corrected chi connectivity index (χ3v) is 3.70. The molecule has 1 heterocycles. The fourth-order valence-corrected chi connectivity index (χ4v) is 2.43. The molecule has 0 amide bonds. The zero-order chi connectivity index (χ0) is 15.0. The Balaban J connectivity index is 1.96. The number of hydrogen-bond acceptors (Lipinski definition) is 3. The fourth-order valence-electron chi connectivity index (χ4n) is 2.43. The minimum absolute atomic E-state index is 0.00936. The molecule has 108 valence electrons. The summed E-state index contributed by atoms with van der Waals surface area (Å²) in [5.74, 6) is 0.804. The molecule has 1 atom stereocenters. The van der Waals surface area contributed by atoms with E-state index < -0.39 is 6.10 Å². The molecule has 0 bridgehead atoms. The van der Waals surface area contributed by atoms with E-state index >= 15 is 0 Å². The number of rotatable bonds is 2. The standard InChI is InChI=1S/C17H15FO3/c1-10-3-4-11(7-14(10)18)16-9-15(19)13-6-5-12(20-2)8-17(13)21-16/h3-8,16H,9H2,1-2H3. The van der Waals surface area contributed by atoms with Crippen LogP contribution < -0.4 is 9.47 Å². The van der Waals surface area contributed by atoms with Crippen molar-refractivity contribution in [3.8, 4) is 11.5 Å². The molecule has 0 radical (unpaired) electrons. The van der Waals surface area contributed by atoms with E-state index in [4.69, 9.17) is 9.47 Å². The Morgan fingerprint density at radius 2 is 2.05 bits per heavy atom. The largest absolute Gasteiger partial charge is 0.497 e. The van der Waals surface area contributed by atoms with Crippen molar-refractivity contribution < 1.29 is 18.7 Å². The van der Waals surface area contributed by atoms with Gasteiger partial charge in [0.15, 0.2) is 5.78 Å². The quantitative estimate of drug-likeness (QED) is 0.841. The minimum atomic E-state index is -0.466. The summed E-state index contributed by atoms with van der Waals surface area (Å²) < 4.78 is 24.7. The molecule has 21 heavy (non-hydrogen) atoms. The van der Waals surface area contributed by atoms with Crippen molar-refractivity contribution in [1.29, 1.82) is 0 Å². The van der Waals surface area contributed by atoms with Crippen LogP contribution in [0.5, 0.6) is 11.5 Å². The first-order valence-corrected chi connectivity index (χ1v) is 6.72. The molecular weight excluding hydrogens is 271 g/mol. The first-order valence-electron chi connectivity index (χ1n) is 6.72. The molecule has 2 aromatic rings. The van der Waals surface area contributed by atoms with Crippen LogP contribution in [0.3, 0.4) is 0 Å². The lowest BCUT2D eigenvalue weighted by Gasteiger charge is -2.26. The van der Waals surface area contributed by atoms with Crippen molar-refractivity contribution in [2.45, 2.75) is 19.4 Å². The van der Waals surface area contributed by atoms with Crippen LogP contribution in [0.4, 0.5) is 4.39 Å². The summed E-state index contributed by atoms with van der Waals surface area (Å²) in [5.41, 5.74) is 1.78. The van der Waals surface area contributed by atoms with Gasteiger partial charge in [-0.25, -0.2) is 4.39 Å². The molecule has 0 saturated carbocycles. The number of carbonyl (C=O) groups is 1. The zero-order valence-corrected chi connectivity index (χ0v) is 11.9. The average molecular weight is 286 g/mol. The molecule has 0 aliphatic carbocycles. The second-order valence-corrected chi connectivity index (χ2v) is 5.10. The molecule has 1 unspecified atom stereocenters. The van der Waals surface area contributed by atoms with E-state index in [9.17, 15) is 9.18 Å². The number of halogens is 1. The maximum atomic E-state index is 13.7. The highest BCUT2D eigenvalue weighted by Gasteiger charge is 2.28. The molecule has 0 spiro atoms. The number of Topliss-reactive ketones (excluding diaryl/α,β-unsaturated/α-hetero) is 1. The van der Waals surface area contributed by atoms with Crippen molar-refractivity contribution in [2.75, 3.05) is 7.11 Å². The Labute approximate surface area is 122 Å². The molecule has 0 saturated heterocycles. The minimum Gasteiger partial charge on any atom is -0.497 e. The molecule has 1 aliphatic rings. The maximum absolute atomic E-state index is 13.7. The Bertz CT molecular complexity index is 709. The highest BCUT2D eigenvalue weighted by atomic mass is 19.1. The highest BCUT2D eigenvalue weighted by molar-refractivity contribution is 6.00. The molecule has 0 aromatic heterocycles. The zero-order valence-electron chi connectivity index (χ0n) is 11.9. The van der Waals surface area contributed by atoms with E-state index in [1.165, 1.54) is 6.07 Å². The molecule has 0 N–H and O–H groups in total. The van der Waals surface area contributed by atoms with Crippen LogP contribution in [0.2, 0.25) is 0 Å². The Kier molecular flexibility index (Phi) is 3.37. The van der Waals surface area contributed by atoms with Crippen LogP contribution >= 0.6 is 0 Å². The second-order valence-electron chi connectivity index (χ2n) is 5.10. The van der Waals surface area contributed by atoms with Gasteiger partial charge in [-0.1, -0.05) is 12.1 Å². The van der Waals surface area contributed by atoms with Crippen LogP contribution in [-0.4, -0.2) is 12.9 Å². The van der Waals surface area contributed by atoms with Crippen LogP contribution in [0, 0.1) is 12.7 Å². The van der Waals surface area contributed by atoms with Gasteiger partial charge in [0.2, 0.25) is 0 Å². The predicted octanol–water partition coefficient (Wildman–Crippen LogP) is 3.85. The van der Waals surface area contributed by atoms with Gasteiger partial charge in [0.05, 0.1) is 19.1 Å². The number of ether oxygens (including phenoxy) is 2. The lowest BCUT2D eigenvalue weighted by atomic mass is 9.95. The summed E-state index contributed by atoms with van der Waals surface area (Å²) >= 11 is 0. The monoisotopic (exact) mass is 286 g/mol. The summed E-state index contributed by atoms with van der Waals surface area (Å²) in [6.45, 7) is 1.70. The highest BCUT2D eigenvalue weighted by Crippen LogP contribution is 2.37.